The minimum Gasteiger partial charge on any atom is -0.507 e. The molecule has 6 N–H and O–H groups in total. The number of nitrogens with one attached hydrogen (secondary N) is 1. The number of H-pyrrole nitrogens is 1. The molecule has 33 heavy (non-hydrogen) atoms. The molecule has 1 fully saturated rings. The van der Waals surface area contributed by atoms with E-state index < -0.39 is 0 Å². The lowest BCUT2D eigenvalue weighted by molar-refractivity contribution is -0.114. The van der Waals surface area contributed by atoms with Crippen molar-refractivity contribution in [3.8, 4) is 22.8 Å². The van der Waals surface area contributed by atoms with Crippen LogP contribution in [0.1, 0.15) is 30.0 Å². The van der Waals surface area contributed by atoms with Gasteiger partial charge in [0.2, 0.25) is 0 Å². The Balaban J connectivity index is 1.52. The van der Waals surface area contributed by atoms with E-state index in [2.05, 4.69) is 27.2 Å². The molecule has 0 amide bonds. The van der Waals surface area contributed by atoms with E-state index in [-0.39, 0.29) is 11.4 Å². The third kappa shape index (κ3) is 3.83. The Labute approximate surface area is 191 Å². The van der Waals surface area contributed by atoms with Gasteiger partial charge in [-0.15, -0.1) is 0 Å². The second kappa shape index (κ2) is 8.49. The number of rotatable bonds is 5. The number of nitrogen functional groups attached to an aromatic ring is 1. The van der Waals surface area contributed by atoms with Gasteiger partial charge in [-0.25, -0.2) is 14.5 Å². The monoisotopic (exact) mass is 449 g/mol. The molecule has 2 heterocycles. The van der Waals surface area contributed by atoms with Crippen LogP contribution in [0.5, 0.6) is 5.75 Å². The second-order valence-corrected chi connectivity index (χ2v) is 8.69. The standard InChI is InChI=1S/C24H28N6O3/c1-2-20(25)18-12-19(22(31)13-21(18)26)23-27-28-24(32)30(23)16-4-3-14-9-17(11-15(14)10-16)29-5-7-33-8-6-29/h3-4,10,12-13,17,25,31H,2,5-9,11,26H2,1H3,(H,28,32)/p+1. The van der Waals surface area contributed by atoms with Crippen LogP contribution in [0.4, 0.5) is 5.69 Å². The van der Waals surface area contributed by atoms with Gasteiger partial charge >= 0.3 is 5.69 Å². The van der Waals surface area contributed by atoms with Gasteiger partial charge in [0, 0.05) is 37.3 Å². The number of aromatic hydroxyl groups is 1. The number of nitrogens with zero attached hydrogens (tertiary/aromatic N) is 3. The lowest BCUT2D eigenvalue weighted by atomic mass is 10.0. The third-order valence-electron chi connectivity index (χ3n) is 6.73. The molecule has 1 aromatic heterocycles. The van der Waals surface area contributed by atoms with Crippen molar-refractivity contribution in [2.45, 2.75) is 32.2 Å². The fourth-order valence-electron chi connectivity index (χ4n) is 4.89. The number of phenolic OH excluding ortho intramolecular Hbond substituents is 1. The lowest BCUT2D eigenvalue weighted by Crippen LogP contribution is -2.43. The number of benzene rings is 2. The highest BCUT2D eigenvalue weighted by molar-refractivity contribution is 6.02. The molecule has 1 saturated heterocycles. The van der Waals surface area contributed by atoms with Crippen LogP contribution in [-0.2, 0) is 17.6 Å². The molecule has 172 valence electrons. The molecule has 1 aliphatic heterocycles. The van der Waals surface area contributed by atoms with Crippen molar-refractivity contribution in [3.63, 3.8) is 0 Å². The highest BCUT2D eigenvalue weighted by Gasteiger charge is 2.29. The molecule has 0 bridgehead atoms. The Bertz CT molecular complexity index is 1270. The van der Waals surface area contributed by atoms with Gasteiger partial charge < -0.3 is 15.6 Å². The lowest BCUT2D eigenvalue weighted by Gasteiger charge is -2.32. The number of phenols is 1. The molecule has 0 saturated carbocycles. The van der Waals surface area contributed by atoms with Gasteiger partial charge in [0.15, 0.2) is 11.5 Å². The molecule has 9 heteroatoms. The van der Waals surface area contributed by atoms with Crippen LogP contribution in [0.3, 0.4) is 0 Å². The van der Waals surface area contributed by atoms with E-state index in [9.17, 15) is 9.90 Å². The number of nitrogens with two attached hydrogens (primary N) is 2. The van der Waals surface area contributed by atoms with E-state index in [1.54, 1.807) is 6.07 Å². The van der Waals surface area contributed by atoms with E-state index >= 15 is 0 Å². The van der Waals surface area contributed by atoms with Crippen LogP contribution in [0.25, 0.3) is 17.1 Å². The highest BCUT2D eigenvalue weighted by Crippen LogP contribution is 2.34. The largest absolute Gasteiger partial charge is 0.507 e. The predicted octanol–water partition coefficient (Wildman–Crippen LogP) is 0.273. The number of fused-ring (bicyclic) bond motifs is 1. The van der Waals surface area contributed by atoms with Crippen molar-refractivity contribution in [2.24, 2.45) is 0 Å². The highest BCUT2D eigenvalue weighted by atomic mass is 16.5. The summed E-state index contributed by atoms with van der Waals surface area (Å²) in [6.45, 7) is 5.39. The summed E-state index contributed by atoms with van der Waals surface area (Å²) in [6, 6.07) is 9.67. The van der Waals surface area contributed by atoms with Crippen molar-refractivity contribution < 1.29 is 15.3 Å². The molecule has 0 radical (unpaired) electrons. The Hall–Kier alpha value is -3.43. The van der Waals surface area contributed by atoms with Gasteiger partial charge in [-0.2, -0.15) is 5.10 Å². The zero-order valence-corrected chi connectivity index (χ0v) is 18.7. The minimum absolute atomic E-state index is 0.0612. The Kier molecular flexibility index (Phi) is 5.51. The molecule has 0 spiro atoms. The molecular weight excluding hydrogens is 420 g/mol. The maximum atomic E-state index is 12.8. The van der Waals surface area contributed by atoms with Gasteiger partial charge in [0.05, 0.1) is 30.0 Å². The molecule has 1 atom stereocenters. The van der Waals surface area contributed by atoms with Gasteiger partial charge in [0.25, 0.3) is 0 Å². The fraction of sp³-hybridized carbons (Fsp3) is 0.375. The molecular formula is C24H29N6O3+. The van der Waals surface area contributed by atoms with Crippen molar-refractivity contribution >= 4 is 11.4 Å². The number of anilines is 1. The topological polar surface area (TPSA) is 135 Å². The number of morpholine rings is 1. The quantitative estimate of drug-likeness (QED) is 0.326. The normalized spacial score (nSPS) is 18.4. The van der Waals surface area contributed by atoms with E-state index in [4.69, 9.17) is 15.9 Å². The van der Waals surface area contributed by atoms with Crippen LogP contribution in [0.2, 0.25) is 0 Å². The molecule has 2 aromatic carbocycles. The summed E-state index contributed by atoms with van der Waals surface area (Å²) < 4.78 is 6.98. The van der Waals surface area contributed by atoms with Gasteiger partial charge in [-0.1, -0.05) is 13.0 Å². The number of aromatic amines is 1. The van der Waals surface area contributed by atoms with Gasteiger partial charge in [-0.05, 0) is 42.2 Å². The summed E-state index contributed by atoms with van der Waals surface area (Å²) in [5, 5.41) is 23.5. The van der Waals surface area contributed by atoms with Gasteiger partial charge in [0.1, 0.15) is 5.75 Å². The molecule has 5 rings (SSSR count). The van der Waals surface area contributed by atoms with Crippen LogP contribution in [0.15, 0.2) is 35.1 Å². The van der Waals surface area contributed by atoms with Crippen LogP contribution < -0.4 is 16.8 Å². The van der Waals surface area contributed by atoms with Gasteiger partial charge in [-0.3, -0.25) is 10.3 Å². The first kappa shape index (κ1) is 21.4. The van der Waals surface area contributed by atoms with E-state index in [1.807, 2.05) is 13.0 Å². The van der Waals surface area contributed by atoms with E-state index in [1.165, 1.54) is 21.8 Å². The third-order valence-corrected chi connectivity index (χ3v) is 6.73. The first-order valence-electron chi connectivity index (χ1n) is 11.3. The minimum atomic E-state index is -0.377. The number of hydrogen-bond donors (Lipinski definition) is 4. The SMILES string of the molecule is CCC(=[NH2+])c1cc(-c2n[nH]c(=O)n2-c2ccc3c(c2)CC(N2CCOCC2)C3)c(O)cc1N. The number of hydrogen-bond acceptors (Lipinski definition) is 6. The molecule has 3 aromatic rings. The summed E-state index contributed by atoms with van der Waals surface area (Å²) in [6.07, 6.45) is 2.54. The number of ether oxygens (including phenoxy) is 1. The fourth-order valence-corrected chi connectivity index (χ4v) is 4.89. The Morgan fingerprint density at radius 3 is 2.76 bits per heavy atom. The van der Waals surface area contributed by atoms with E-state index in [0.717, 1.165) is 39.1 Å². The Morgan fingerprint density at radius 2 is 2.00 bits per heavy atom. The zero-order valence-electron chi connectivity index (χ0n) is 18.7. The Morgan fingerprint density at radius 1 is 1.24 bits per heavy atom. The zero-order chi connectivity index (χ0) is 23.1. The smallest absolute Gasteiger partial charge is 0.348 e. The summed E-state index contributed by atoms with van der Waals surface area (Å²) in [5.74, 6) is 0.249. The van der Waals surface area contributed by atoms with Crippen molar-refractivity contribution in [1.29, 1.82) is 0 Å². The summed E-state index contributed by atoms with van der Waals surface area (Å²) in [5.41, 5.74) is 10.9. The summed E-state index contributed by atoms with van der Waals surface area (Å²) >= 11 is 0. The van der Waals surface area contributed by atoms with Crippen molar-refractivity contribution in [1.82, 2.24) is 19.7 Å². The average molecular weight is 450 g/mol. The average Bonchev–Trinajstić information content (AvgIpc) is 3.42. The first-order chi connectivity index (χ1) is 16.0. The van der Waals surface area contributed by atoms with Crippen LogP contribution >= 0.6 is 0 Å². The second-order valence-electron chi connectivity index (χ2n) is 8.69. The summed E-state index contributed by atoms with van der Waals surface area (Å²) in [4.78, 5) is 15.3. The van der Waals surface area contributed by atoms with E-state index in [0.29, 0.717) is 46.5 Å². The first-order valence-corrected chi connectivity index (χ1v) is 11.3. The maximum absolute atomic E-state index is 12.8. The predicted molar refractivity (Wildman–Crippen MR) is 126 cm³/mol. The maximum Gasteiger partial charge on any atom is 0.348 e. The van der Waals surface area contributed by atoms with Crippen LogP contribution in [-0.4, -0.2) is 62.8 Å². The molecule has 9 nitrogen and oxygen atoms in total. The summed E-state index contributed by atoms with van der Waals surface area (Å²) in [7, 11) is 0. The molecule has 1 unspecified atom stereocenters. The molecule has 2 aliphatic rings. The molecule has 1 aliphatic carbocycles. The number of aromatic nitrogens is 3. The van der Waals surface area contributed by atoms with Crippen LogP contribution in [0, 0.1) is 0 Å². The van der Waals surface area contributed by atoms with Crippen molar-refractivity contribution in [3.05, 3.63) is 57.5 Å². The van der Waals surface area contributed by atoms with Crippen molar-refractivity contribution in [2.75, 3.05) is 32.0 Å².